The average molecular weight is 804 g/mol. The Kier molecular flexibility index (Phi) is 39.3. The number of aliphatic carboxylic acids is 4. The van der Waals surface area contributed by atoms with E-state index in [4.69, 9.17) is 20.4 Å². The van der Waals surface area contributed by atoms with Crippen LogP contribution in [0.5, 0.6) is 0 Å². The van der Waals surface area contributed by atoms with Gasteiger partial charge in [0.05, 0.1) is 0 Å². The zero-order valence-electron chi connectivity index (χ0n) is 32.5. The van der Waals surface area contributed by atoms with Crippen molar-refractivity contribution in [3.8, 4) is 0 Å². The van der Waals surface area contributed by atoms with Crippen LogP contribution in [0.15, 0.2) is 23.3 Å². The Bertz CT molecular complexity index is 805. The van der Waals surface area contributed by atoms with Gasteiger partial charge in [0.2, 0.25) is 0 Å². The van der Waals surface area contributed by atoms with Crippen molar-refractivity contribution in [2.24, 2.45) is 0 Å². The number of carbonyl (C=O) groups is 4. The van der Waals surface area contributed by atoms with Gasteiger partial charge in [-0.1, -0.05) is 78.1 Å². The van der Waals surface area contributed by atoms with Crippen LogP contribution in [0, 0.1) is 0 Å². The Balaban J connectivity index is -0.000000648. The van der Waals surface area contributed by atoms with Gasteiger partial charge in [-0.05, 0) is 25.7 Å². The summed E-state index contributed by atoms with van der Waals surface area (Å²) in [5, 5.41) is 34.4. The minimum absolute atomic E-state index is 0.0111. The van der Waals surface area contributed by atoms with Crippen LogP contribution >= 0.6 is 0 Å². The first-order valence-corrected chi connectivity index (χ1v) is 27.8. The van der Waals surface area contributed by atoms with Crippen molar-refractivity contribution in [2.45, 2.75) is 201 Å². The molecule has 0 aromatic carbocycles. The summed E-state index contributed by atoms with van der Waals surface area (Å²) in [6, 6.07) is 0. The molecule has 0 saturated carbocycles. The summed E-state index contributed by atoms with van der Waals surface area (Å²) in [6.45, 7) is 13.8. The Morgan fingerprint density at radius 3 is 0.857 bits per heavy atom. The molecule has 0 aliphatic rings. The molecule has 0 atom stereocenters. The second-order valence-electron chi connectivity index (χ2n) is 13.6. The van der Waals surface area contributed by atoms with E-state index < -0.39 is 42.3 Å². The van der Waals surface area contributed by atoms with Crippen LogP contribution in [0.4, 0.5) is 0 Å². The molecule has 8 nitrogen and oxygen atoms in total. The van der Waals surface area contributed by atoms with Crippen LogP contribution in [0.1, 0.15) is 183 Å². The van der Waals surface area contributed by atoms with Crippen LogP contribution < -0.4 is 0 Å². The fraction of sp³-hybridized carbons (Fsp3) is 0.800. The molecular formula is C40H76O8Sn. The van der Waals surface area contributed by atoms with E-state index in [1.807, 2.05) is 0 Å². The Labute approximate surface area is 304 Å². The van der Waals surface area contributed by atoms with Gasteiger partial charge in [0.1, 0.15) is 0 Å². The van der Waals surface area contributed by atoms with Crippen molar-refractivity contribution in [3.05, 3.63) is 23.3 Å². The van der Waals surface area contributed by atoms with Crippen molar-refractivity contribution in [1.82, 2.24) is 0 Å². The molecular weight excluding hydrogens is 727 g/mol. The van der Waals surface area contributed by atoms with Crippen LogP contribution in [0.3, 0.4) is 0 Å². The summed E-state index contributed by atoms with van der Waals surface area (Å²) in [4.78, 5) is 42.0. The van der Waals surface area contributed by atoms with Crippen LogP contribution in [-0.4, -0.2) is 62.7 Å². The van der Waals surface area contributed by atoms with Crippen molar-refractivity contribution in [3.63, 3.8) is 0 Å². The molecule has 0 heterocycles. The summed E-state index contributed by atoms with van der Waals surface area (Å²) in [7, 11) is 0. The molecule has 0 aliphatic heterocycles. The van der Waals surface area contributed by atoms with Gasteiger partial charge in [-0.25, -0.2) is 19.2 Å². The number of rotatable bonds is 30. The fourth-order valence-electron chi connectivity index (χ4n) is 5.93. The number of unbranched alkanes of at least 4 members (excludes halogenated alkanes) is 14. The molecule has 0 fully saturated rings. The molecule has 0 radical (unpaired) electrons. The molecule has 0 spiro atoms. The summed E-state index contributed by atoms with van der Waals surface area (Å²) in [5.74, 6) is -4.64. The van der Waals surface area contributed by atoms with Gasteiger partial charge in [-0.15, -0.1) is 0 Å². The van der Waals surface area contributed by atoms with Gasteiger partial charge in [0.25, 0.3) is 0 Å². The van der Waals surface area contributed by atoms with Crippen LogP contribution in [-0.2, 0) is 19.2 Å². The SMILES string of the molecule is CCCCCCCC/C(=C/C(=O)O)C(=O)O.CCCCCCCC/C(=C/C(=O)O)C(=O)O.CCC[CH2][Sn]([CH2]CCC)([CH2]CCC)[CH2]CCC. The quantitative estimate of drug-likeness (QED) is 0.0318. The third-order valence-corrected chi connectivity index (χ3v) is 25.1. The van der Waals surface area contributed by atoms with Gasteiger partial charge < -0.3 is 20.4 Å². The minimum atomic E-state index is -1.69. The van der Waals surface area contributed by atoms with Gasteiger partial charge in [-0.2, -0.15) is 0 Å². The van der Waals surface area contributed by atoms with Crippen LogP contribution in [0.2, 0.25) is 17.7 Å². The zero-order chi connectivity index (χ0) is 37.8. The molecule has 9 heteroatoms. The predicted octanol–water partition coefficient (Wildman–Crippen LogP) is 12.3. The maximum atomic E-state index is 10.7. The molecule has 0 bridgehead atoms. The van der Waals surface area contributed by atoms with Crippen molar-refractivity contribution < 1.29 is 39.6 Å². The van der Waals surface area contributed by atoms with Gasteiger partial charge in [-0.3, -0.25) is 0 Å². The van der Waals surface area contributed by atoms with Gasteiger partial charge >= 0.3 is 139 Å². The molecule has 0 aromatic heterocycles. The van der Waals surface area contributed by atoms with Crippen molar-refractivity contribution >= 4 is 42.3 Å². The Hall–Kier alpha value is -1.84. The zero-order valence-corrected chi connectivity index (χ0v) is 35.3. The monoisotopic (exact) mass is 804 g/mol. The second kappa shape index (κ2) is 37.4. The molecule has 288 valence electrons. The molecule has 0 rings (SSSR count). The number of carboxylic acids is 4. The number of hydrogen-bond donors (Lipinski definition) is 4. The first-order valence-electron chi connectivity index (χ1n) is 19.7. The van der Waals surface area contributed by atoms with E-state index in [0.29, 0.717) is 12.8 Å². The fourth-order valence-corrected chi connectivity index (χ4v) is 22.8. The maximum absolute atomic E-state index is 10.7. The first kappa shape index (κ1) is 51.5. The third kappa shape index (κ3) is 35.8. The Morgan fingerprint density at radius 2 is 0.633 bits per heavy atom. The molecule has 0 unspecified atom stereocenters. The van der Waals surface area contributed by atoms with Crippen molar-refractivity contribution in [1.29, 1.82) is 0 Å². The van der Waals surface area contributed by atoms with Crippen molar-refractivity contribution in [2.75, 3.05) is 0 Å². The molecule has 49 heavy (non-hydrogen) atoms. The molecule has 0 amide bonds. The number of hydrogen-bond acceptors (Lipinski definition) is 4. The molecule has 4 N–H and O–H groups in total. The number of carboxylic acid groups (broad SMARTS) is 4. The molecule has 0 aliphatic carbocycles. The third-order valence-electron chi connectivity index (χ3n) is 8.99. The van der Waals surface area contributed by atoms with E-state index in [2.05, 4.69) is 41.5 Å². The van der Waals surface area contributed by atoms with E-state index >= 15 is 0 Å². The van der Waals surface area contributed by atoms with E-state index in [9.17, 15) is 19.2 Å². The molecule has 0 saturated heterocycles. The normalized spacial score (nSPS) is 11.6. The molecule has 0 aromatic rings. The van der Waals surface area contributed by atoms with E-state index in [-0.39, 0.29) is 11.1 Å². The van der Waals surface area contributed by atoms with E-state index in [0.717, 1.165) is 50.7 Å². The average Bonchev–Trinajstić information content (AvgIpc) is 3.06. The second-order valence-corrected chi connectivity index (χ2v) is 27.8. The van der Waals surface area contributed by atoms with Gasteiger partial charge in [0.15, 0.2) is 0 Å². The predicted molar refractivity (Wildman–Crippen MR) is 207 cm³/mol. The first-order chi connectivity index (χ1) is 23.4. The summed E-state index contributed by atoms with van der Waals surface area (Å²) >= 11 is -1.69. The standard InChI is InChI=1S/2C12H20O4.4C4H9.Sn/c2*1-2-3-4-5-6-7-8-10(12(15)16)9-11(13)14;4*1-3-4-2;/h2*9H,2-8H2,1H3,(H,13,14)(H,15,16);4*1,3-4H2,2H3;/b2*10-9-;;;;;. The van der Waals surface area contributed by atoms with E-state index in [1.165, 1.54) is 89.9 Å². The summed E-state index contributed by atoms with van der Waals surface area (Å²) in [6.07, 6.45) is 26.8. The van der Waals surface area contributed by atoms with Crippen LogP contribution in [0.25, 0.3) is 0 Å². The summed E-state index contributed by atoms with van der Waals surface area (Å²) < 4.78 is 6.80. The van der Waals surface area contributed by atoms with E-state index in [1.54, 1.807) is 17.7 Å². The topological polar surface area (TPSA) is 149 Å². The summed E-state index contributed by atoms with van der Waals surface area (Å²) in [5.41, 5.74) is -0.0222. The Morgan fingerprint density at radius 1 is 0.388 bits per heavy atom. The van der Waals surface area contributed by atoms with Gasteiger partial charge in [0, 0.05) is 23.3 Å².